The predicted octanol–water partition coefficient (Wildman–Crippen LogP) is 2.90. The zero-order valence-electron chi connectivity index (χ0n) is 14.3. The van der Waals surface area contributed by atoms with Crippen LogP contribution in [0.4, 0.5) is 23.7 Å². The van der Waals surface area contributed by atoms with E-state index in [-0.39, 0.29) is 36.0 Å². The van der Waals surface area contributed by atoms with Crippen LogP contribution >= 0.6 is 0 Å². The number of para-hydroxylation sites is 1. The summed E-state index contributed by atoms with van der Waals surface area (Å²) >= 11 is 0. The Kier molecular flexibility index (Phi) is 4.46. The van der Waals surface area contributed by atoms with Crippen LogP contribution in [0, 0.1) is 0 Å². The standard InChI is InChI=1S/C18H22F3N3O2/c19-18(20,21)13-3-1-2-4-15(13)24-8-7-11(10-24)22-17(25)23-14-9-12-5-6-16(14)26-12/h1-4,11-12,14,16H,5-10H2,(H2,22,23,25). The van der Waals surface area contributed by atoms with E-state index in [1.807, 2.05) is 0 Å². The van der Waals surface area contributed by atoms with E-state index in [4.69, 9.17) is 4.74 Å². The van der Waals surface area contributed by atoms with Crippen molar-refractivity contribution in [3.63, 3.8) is 0 Å². The normalized spacial score (nSPS) is 30.7. The Morgan fingerprint density at radius 2 is 1.96 bits per heavy atom. The molecule has 142 valence electrons. The highest BCUT2D eigenvalue weighted by molar-refractivity contribution is 5.75. The van der Waals surface area contributed by atoms with Crippen molar-refractivity contribution >= 4 is 11.7 Å². The smallest absolute Gasteiger partial charge is 0.373 e. The number of nitrogens with one attached hydrogen (secondary N) is 2. The minimum absolute atomic E-state index is 0.0391. The third-order valence-corrected chi connectivity index (χ3v) is 5.50. The van der Waals surface area contributed by atoms with E-state index >= 15 is 0 Å². The Morgan fingerprint density at radius 3 is 2.65 bits per heavy atom. The first-order valence-corrected chi connectivity index (χ1v) is 9.04. The molecule has 0 aliphatic carbocycles. The van der Waals surface area contributed by atoms with E-state index in [0.717, 1.165) is 25.3 Å². The SMILES string of the molecule is O=C(NC1CCN(c2ccccc2C(F)(F)F)C1)NC1CC2CCC1O2. The molecule has 1 aromatic carbocycles. The topological polar surface area (TPSA) is 53.6 Å². The van der Waals surface area contributed by atoms with Gasteiger partial charge in [0.15, 0.2) is 0 Å². The fraction of sp³-hybridized carbons (Fsp3) is 0.611. The van der Waals surface area contributed by atoms with Crippen LogP contribution in [0.15, 0.2) is 24.3 Å². The van der Waals surface area contributed by atoms with Gasteiger partial charge in [-0.25, -0.2) is 4.79 Å². The summed E-state index contributed by atoms with van der Waals surface area (Å²) in [6, 6.07) is 5.18. The maximum absolute atomic E-state index is 13.2. The van der Waals surface area contributed by atoms with Crippen molar-refractivity contribution in [1.29, 1.82) is 0 Å². The molecule has 0 spiro atoms. The minimum atomic E-state index is -4.39. The molecular formula is C18H22F3N3O2. The average Bonchev–Trinajstić information content (AvgIpc) is 3.31. The summed E-state index contributed by atoms with van der Waals surface area (Å²) in [5.74, 6) is 0. The van der Waals surface area contributed by atoms with Gasteiger partial charge in [0.2, 0.25) is 0 Å². The highest BCUT2D eigenvalue weighted by Gasteiger charge is 2.42. The molecule has 1 aromatic rings. The lowest BCUT2D eigenvalue weighted by Crippen LogP contribution is -2.49. The van der Waals surface area contributed by atoms with Crippen molar-refractivity contribution in [2.45, 2.75) is 56.2 Å². The van der Waals surface area contributed by atoms with E-state index in [9.17, 15) is 18.0 Å². The van der Waals surface area contributed by atoms with Gasteiger partial charge in [-0.1, -0.05) is 12.1 Å². The molecule has 3 aliphatic rings. The quantitative estimate of drug-likeness (QED) is 0.862. The summed E-state index contributed by atoms with van der Waals surface area (Å²) in [5, 5.41) is 5.85. The first-order valence-electron chi connectivity index (χ1n) is 9.04. The molecule has 8 heteroatoms. The number of amides is 2. The maximum atomic E-state index is 13.2. The molecule has 2 bridgehead atoms. The first-order chi connectivity index (χ1) is 12.4. The molecule has 4 rings (SSSR count). The van der Waals surface area contributed by atoms with Crippen molar-refractivity contribution in [3.05, 3.63) is 29.8 Å². The molecule has 4 unspecified atom stereocenters. The van der Waals surface area contributed by atoms with E-state index in [1.165, 1.54) is 12.1 Å². The molecule has 0 radical (unpaired) electrons. The Labute approximate surface area is 149 Å². The summed E-state index contributed by atoms with van der Waals surface area (Å²) in [6.07, 6.45) is -0.542. The largest absolute Gasteiger partial charge is 0.418 e. The summed E-state index contributed by atoms with van der Waals surface area (Å²) < 4.78 is 45.3. The lowest BCUT2D eigenvalue weighted by Gasteiger charge is -2.24. The Hall–Kier alpha value is -1.96. The number of halogens is 3. The van der Waals surface area contributed by atoms with Gasteiger partial charge in [-0.05, 0) is 37.8 Å². The minimum Gasteiger partial charge on any atom is -0.373 e. The van der Waals surface area contributed by atoms with Gasteiger partial charge in [0, 0.05) is 24.8 Å². The molecular weight excluding hydrogens is 347 g/mol. The second-order valence-corrected chi connectivity index (χ2v) is 7.28. The number of hydrogen-bond donors (Lipinski definition) is 2. The second kappa shape index (κ2) is 6.64. The number of carbonyl (C=O) groups is 1. The number of alkyl halides is 3. The number of urea groups is 1. The van der Waals surface area contributed by atoms with E-state index in [1.54, 1.807) is 11.0 Å². The summed E-state index contributed by atoms with van der Waals surface area (Å²) in [5.41, 5.74) is -0.463. The van der Waals surface area contributed by atoms with Crippen LogP contribution in [0.3, 0.4) is 0 Å². The molecule has 0 aromatic heterocycles. The average molecular weight is 369 g/mol. The molecule has 3 fully saturated rings. The van der Waals surface area contributed by atoms with Gasteiger partial charge in [-0.2, -0.15) is 13.2 Å². The molecule has 0 saturated carbocycles. The van der Waals surface area contributed by atoms with Gasteiger partial charge in [0.1, 0.15) is 0 Å². The zero-order chi connectivity index (χ0) is 18.3. The fourth-order valence-electron chi connectivity index (χ4n) is 4.27. The predicted molar refractivity (Wildman–Crippen MR) is 90.0 cm³/mol. The lowest BCUT2D eigenvalue weighted by atomic mass is 9.96. The van der Waals surface area contributed by atoms with Gasteiger partial charge in [0.05, 0.1) is 23.8 Å². The van der Waals surface area contributed by atoms with Gasteiger partial charge >= 0.3 is 12.2 Å². The van der Waals surface area contributed by atoms with Crippen LogP contribution in [0.1, 0.15) is 31.2 Å². The first kappa shape index (κ1) is 17.5. The third-order valence-electron chi connectivity index (χ3n) is 5.50. The summed E-state index contributed by atoms with van der Waals surface area (Å²) in [7, 11) is 0. The molecule has 2 amide bonds. The Morgan fingerprint density at radius 1 is 1.15 bits per heavy atom. The molecule has 26 heavy (non-hydrogen) atoms. The second-order valence-electron chi connectivity index (χ2n) is 7.28. The lowest BCUT2D eigenvalue weighted by molar-refractivity contribution is -0.137. The Balaban J connectivity index is 1.34. The van der Waals surface area contributed by atoms with E-state index < -0.39 is 11.7 Å². The number of ether oxygens (including phenoxy) is 1. The summed E-state index contributed by atoms with van der Waals surface area (Å²) in [6.45, 7) is 0.850. The highest BCUT2D eigenvalue weighted by Crippen LogP contribution is 2.37. The molecule has 3 saturated heterocycles. The van der Waals surface area contributed by atoms with Crippen LogP contribution in [0.25, 0.3) is 0 Å². The van der Waals surface area contributed by atoms with Crippen LogP contribution in [0.5, 0.6) is 0 Å². The van der Waals surface area contributed by atoms with E-state index in [2.05, 4.69) is 10.6 Å². The molecule has 3 heterocycles. The van der Waals surface area contributed by atoms with Crippen LogP contribution in [-0.2, 0) is 10.9 Å². The number of nitrogens with zero attached hydrogens (tertiary/aromatic N) is 1. The highest BCUT2D eigenvalue weighted by atomic mass is 19.4. The van der Waals surface area contributed by atoms with Crippen molar-refractivity contribution in [3.8, 4) is 0 Å². The van der Waals surface area contributed by atoms with Crippen LogP contribution in [0.2, 0.25) is 0 Å². The number of anilines is 1. The van der Waals surface area contributed by atoms with Crippen molar-refractivity contribution in [2.75, 3.05) is 18.0 Å². The monoisotopic (exact) mass is 369 g/mol. The van der Waals surface area contributed by atoms with Crippen LogP contribution in [-0.4, -0.2) is 43.4 Å². The van der Waals surface area contributed by atoms with E-state index in [0.29, 0.717) is 19.5 Å². The number of carbonyl (C=O) groups excluding carboxylic acids is 1. The Bertz CT molecular complexity index is 682. The van der Waals surface area contributed by atoms with Crippen molar-refractivity contribution in [2.24, 2.45) is 0 Å². The third kappa shape index (κ3) is 3.47. The van der Waals surface area contributed by atoms with Crippen LogP contribution < -0.4 is 15.5 Å². The van der Waals surface area contributed by atoms with Gasteiger partial charge in [0.25, 0.3) is 0 Å². The molecule has 5 nitrogen and oxygen atoms in total. The number of fused-ring (bicyclic) bond motifs is 2. The summed E-state index contributed by atoms with van der Waals surface area (Å²) in [4.78, 5) is 13.9. The van der Waals surface area contributed by atoms with Crippen molar-refractivity contribution in [1.82, 2.24) is 10.6 Å². The van der Waals surface area contributed by atoms with Gasteiger partial charge in [-0.15, -0.1) is 0 Å². The van der Waals surface area contributed by atoms with Gasteiger partial charge in [-0.3, -0.25) is 0 Å². The zero-order valence-corrected chi connectivity index (χ0v) is 14.3. The number of hydrogen-bond acceptors (Lipinski definition) is 3. The molecule has 2 N–H and O–H groups in total. The van der Waals surface area contributed by atoms with Gasteiger partial charge < -0.3 is 20.3 Å². The molecule has 3 aliphatic heterocycles. The van der Waals surface area contributed by atoms with Crippen molar-refractivity contribution < 1.29 is 22.7 Å². The fourth-order valence-corrected chi connectivity index (χ4v) is 4.27. The maximum Gasteiger partial charge on any atom is 0.418 e. The molecule has 4 atom stereocenters. The number of benzene rings is 1. The number of rotatable bonds is 3.